The normalized spacial score (nSPS) is 13.5. The summed E-state index contributed by atoms with van der Waals surface area (Å²) in [7, 11) is 3.06. The summed E-state index contributed by atoms with van der Waals surface area (Å²) in [5.41, 5.74) is 4.06. The number of anilines is 1. The number of ether oxygens (including phenoxy) is 3. The number of amides is 1. The molecule has 3 aromatic rings. The first kappa shape index (κ1) is 22.5. The van der Waals surface area contributed by atoms with Crippen LogP contribution in [0.5, 0.6) is 17.2 Å². The number of morpholine rings is 1. The van der Waals surface area contributed by atoms with Gasteiger partial charge in [-0.3, -0.25) is 4.79 Å². The largest absolute Gasteiger partial charge is 0.504 e. The van der Waals surface area contributed by atoms with Gasteiger partial charge in [0.2, 0.25) is 0 Å². The van der Waals surface area contributed by atoms with Gasteiger partial charge < -0.3 is 29.5 Å². The minimum absolute atomic E-state index is 0.0295. The summed E-state index contributed by atoms with van der Waals surface area (Å²) in [6, 6.07) is 18.9. The van der Waals surface area contributed by atoms with Gasteiger partial charge in [0.1, 0.15) is 11.3 Å². The predicted molar refractivity (Wildman–Crippen MR) is 127 cm³/mol. The fraction of sp³-hybridized carbons (Fsp3) is 0.269. The van der Waals surface area contributed by atoms with Gasteiger partial charge >= 0.3 is 0 Å². The number of benzene rings is 3. The van der Waals surface area contributed by atoms with Gasteiger partial charge in [-0.15, -0.1) is 0 Å². The van der Waals surface area contributed by atoms with Gasteiger partial charge in [0, 0.05) is 25.2 Å². The molecule has 0 saturated carbocycles. The van der Waals surface area contributed by atoms with Crippen molar-refractivity contribution in [1.29, 1.82) is 0 Å². The van der Waals surface area contributed by atoms with E-state index in [4.69, 9.17) is 14.2 Å². The first-order valence-electron chi connectivity index (χ1n) is 10.9. The van der Waals surface area contributed by atoms with E-state index in [2.05, 4.69) is 10.2 Å². The molecule has 33 heavy (non-hydrogen) atoms. The van der Waals surface area contributed by atoms with E-state index in [0.717, 1.165) is 22.4 Å². The van der Waals surface area contributed by atoms with E-state index in [1.54, 1.807) is 25.3 Å². The number of phenols is 1. The molecular weight excluding hydrogens is 420 g/mol. The van der Waals surface area contributed by atoms with E-state index >= 15 is 0 Å². The zero-order valence-electron chi connectivity index (χ0n) is 18.8. The maximum absolute atomic E-state index is 13.5. The van der Waals surface area contributed by atoms with Crippen LogP contribution in [0.1, 0.15) is 15.9 Å². The molecule has 1 aliphatic heterocycles. The number of phenolic OH excluding ortho intramolecular Hbond substituents is 1. The molecule has 0 atom stereocenters. The number of aromatic hydroxyl groups is 1. The molecule has 1 fully saturated rings. The van der Waals surface area contributed by atoms with Crippen LogP contribution in [0.15, 0.2) is 60.7 Å². The SMILES string of the molecule is COc1ccc(CNC(=O)c2c(OC)ccc(-c3ccccc3)c2N2CCOCC2)cc1O. The second-order valence-electron chi connectivity index (χ2n) is 7.69. The van der Waals surface area contributed by atoms with Crippen molar-refractivity contribution >= 4 is 11.6 Å². The lowest BCUT2D eigenvalue weighted by Crippen LogP contribution is -2.38. The van der Waals surface area contributed by atoms with Crippen LogP contribution in [-0.2, 0) is 11.3 Å². The lowest BCUT2D eigenvalue weighted by Gasteiger charge is -2.33. The number of methoxy groups -OCH3 is 2. The Balaban J connectivity index is 1.72. The maximum atomic E-state index is 13.5. The number of rotatable bonds is 7. The lowest BCUT2D eigenvalue weighted by atomic mass is 9.97. The minimum atomic E-state index is -0.249. The van der Waals surface area contributed by atoms with Gasteiger partial charge in [-0.05, 0) is 35.4 Å². The van der Waals surface area contributed by atoms with Crippen LogP contribution in [0.25, 0.3) is 11.1 Å². The van der Waals surface area contributed by atoms with Gasteiger partial charge in [-0.2, -0.15) is 0 Å². The summed E-state index contributed by atoms with van der Waals surface area (Å²) in [5.74, 6) is 0.673. The minimum Gasteiger partial charge on any atom is -0.504 e. The van der Waals surface area contributed by atoms with E-state index in [1.165, 1.54) is 7.11 Å². The molecule has 3 aromatic carbocycles. The van der Waals surface area contributed by atoms with Crippen molar-refractivity contribution in [2.45, 2.75) is 6.54 Å². The van der Waals surface area contributed by atoms with Crippen LogP contribution < -0.4 is 19.7 Å². The van der Waals surface area contributed by atoms with Crippen molar-refractivity contribution in [2.24, 2.45) is 0 Å². The van der Waals surface area contributed by atoms with E-state index in [-0.39, 0.29) is 18.2 Å². The second-order valence-corrected chi connectivity index (χ2v) is 7.69. The Kier molecular flexibility index (Phi) is 7.00. The van der Waals surface area contributed by atoms with Crippen molar-refractivity contribution < 1.29 is 24.1 Å². The molecule has 7 nitrogen and oxygen atoms in total. The third kappa shape index (κ3) is 4.88. The van der Waals surface area contributed by atoms with Crippen LogP contribution in [0.3, 0.4) is 0 Å². The molecule has 2 N–H and O–H groups in total. The van der Waals surface area contributed by atoms with Crippen LogP contribution >= 0.6 is 0 Å². The summed E-state index contributed by atoms with van der Waals surface area (Å²) in [6.07, 6.45) is 0. The number of nitrogens with one attached hydrogen (secondary N) is 1. The van der Waals surface area contributed by atoms with E-state index in [1.807, 2.05) is 42.5 Å². The average Bonchev–Trinajstić information content (AvgIpc) is 2.87. The zero-order chi connectivity index (χ0) is 23.2. The van der Waals surface area contributed by atoms with Crippen molar-refractivity contribution in [3.05, 3.63) is 71.8 Å². The first-order chi connectivity index (χ1) is 16.1. The standard InChI is InChI=1S/C26H28N2O5/c1-31-22-10-8-18(16-21(22)29)17-27-26(30)24-23(32-2)11-9-20(19-6-4-3-5-7-19)25(24)28-12-14-33-15-13-28/h3-11,16,29H,12-15,17H2,1-2H3,(H,27,30). The molecule has 1 amide bonds. The van der Waals surface area contributed by atoms with Crippen LogP contribution in [0, 0.1) is 0 Å². The first-order valence-corrected chi connectivity index (χ1v) is 10.9. The number of carbonyl (C=O) groups is 1. The van der Waals surface area contributed by atoms with Crippen molar-refractivity contribution in [3.63, 3.8) is 0 Å². The molecule has 4 rings (SSSR count). The summed E-state index contributed by atoms with van der Waals surface area (Å²) in [6.45, 7) is 2.80. The highest BCUT2D eigenvalue weighted by atomic mass is 16.5. The van der Waals surface area contributed by atoms with E-state index in [0.29, 0.717) is 43.4 Å². The Morgan fingerprint density at radius 2 is 1.70 bits per heavy atom. The van der Waals surface area contributed by atoms with Gasteiger partial charge in [-0.1, -0.05) is 36.4 Å². The Hall–Kier alpha value is -3.71. The topological polar surface area (TPSA) is 80.3 Å². The van der Waals surface area contributed by atoms with E-state index < -0.39 is 0 Å². The van der Waals surface area contributed by atoms with Crippen molar-refractivity contribution in [1.82, 2.24) is 5.32 Å². The number of hydrogen-bond acceptors (Lipinski definition) is 6. The molecule has 0 radical (unpaired) electrons. The number of carbonyl (C=O) groups excluding carboxylic acids is 1. The highest BCUT2D eigenvalue weighted by Gasteiger charge is 2.26. The van der Waals surface area contributed by atoms with Gasteiger partial charge in [0.25, 0.3) is 5.91 Å². The van der Waals surface area contributed by atoms with Crippen LogP contribution in [0.4, 0.5) is 5.69 Å². The third-order valence-corrected chi connectivity index (χ3v) is 5.70. The van der Waals surface area contributed by atoms with Crippen LogP contribution in [-0.4, -0.2) is 51.5 Å². The van der Waals surface area contributed by atoms with Gasteiger partial charge in [-0.25, -0.2) is 0 Å². The Morgan fingerprint density at radius 1 is 1.00 bits per heavy atom. The van der Waals surface area contributed by atoms with E-state index in [9.17, 15) is 9.90 Å². The quantitative estimate of drug-likeness (QED) is 0.572. The van der Waals surface area contributed by atoms with Gasteiger partial charge in [0.15, 0.2) is 11.5 Å². The molecule has 0 aliphatic carbocycles. The highest BCUT2D eigenvalue weighted by molar-refractivity contribution is 6.06. The molecule has 0 spiro atoms. The molecule has 0 unspecified atom stereocenters. The third-order valence-electron chi connectivity index (χ3n) is 5.70. The summed E-state index contributed by atoms with van der Waals surface area (Å²) in [5, 5.41) is 13.0. The van der Waals surface area contributed by atoms with Crippen molar-refractivity contribution in [2.75, 3.05) is 45.4 Å². The second kappa shape index (κ2) is 10.3. The maximum Gasteiger partial charge on any atom is 0.257 e. The monoisotopic (exact) mass is 448 g/mol. The highest BCUT2D eigenvalue weighted by Crippen LogP contribution is 2.39. The lowest BCUT2D eigenvalue weighted by molar-refractivity contribution is 0.0946. The molecule has 7 heteroatoms. The zero-order valence-corrected chi connectivity index (χ0v) is 18.8. The molecular formula is C26H28N2O5. The average molecular weight is 449 g/mol. The summed E-state index contributed by atoms with van der Waals surface area (Å²) >= 11 is 0. The number of hydrogen-bond donors (Lipinski definition) is 2. The Labute approximate surface area is 193 Å². The Bertz CT molecular complexity index is 1110. The van der Waals surface area contributed by atoms with Gasteiger partial charge in [0.05, 0.1) is 33.1 Å². The molecule has 0 bridgehead atoms. The molecule has 0 aromatic heterocycles. The molecule has 1 aliphatic rings. The fourth-order valence-corrected chi connectivity index (χ4v) is 4.04. The fourth-order valence-electron chi connectivity index (χ4n) is 4.04. The smallest absolute Gasteiger partial charge is 0.257 e. The molecule has 1 heterocycles. The summed E-state index contributed by atoms with van der Waals surface area (Å²) in [4.78, 5) is 15.7. The van der Waals surface area contributed by atoms with Crippen LogP contribution in [0.2, 0.25) is 0 Å². The Morgan fingerprint density at radius 3 is 2.36 bits per heavy atom. The number of nitrogens with zero attached hydrogens (tertiary/aromatic N) is 1. The summed E-state index contributed by atoms with van der Waals surface area (Å²) < 4.78 is 16.3. The van der Waals surface area contributed by atoms with Crippen molar-refractivity contribution in [3.8, 4) is 28.4 Å². The molecule has 172 valence electrons. The molecule has 1 saturated heterocycles. The predicted octanol–water partition coefficient (Wildman–Crippen LogP) is 3.84.